The standard InChI is InChI=1S/C50H30N2S/c1-3-12-31(13-4-1)33-16-11-17-37(26-33)51-44-20-9-7-18-38(44)40-28-35(23-24-45(40)51)36-29-42-41-27-34(32-14-5-2-6-15-32)22-25-46(41)52-48(42)43(30-36)50-49(52)39-19-8-10-21-47(39)53-50/h1-30H. The summed E-state index contributed by atoms with van der Waals surface area (Å²) in [5, 5.41) is 7.76. The molecule has 53 heavy (non-hydrogen) atoms. The van der Waals surface area contributed by atoms with Gasteiger partial charge in [0.05, 0.1) is 32.3 Å². The Kier molecular flexibility index (Phi) is 5.96. The van der Waals surface area contributed by atoms with E-state index < -0.39 is 0 Å². The van der Waals surface area contributed by atoms with Gasteiger partial charge in [-0.1, -0.05) is 121 Å². The van der Waals surface area contributed by atoms with Gasteiger partial charge in [0.2, 0.25) is 0 Å². The predicted octanol–water partition coefficient (Wildman–Crippen LogP) is 14.1. The van der Waals surface area contributed by atoms with E-state index in [9.17, 15) is 0 Å². The fourth-order valence-electron chi connectivity index (χ4n) is 8.85. The van der Waals surface area contributed by atoms with Gasteiger partial charge < -0.3 is 8.97 Å². The van der Waals surface area contributed by atoms with Crippen LogP contribution in [0.3, 0.4) is 0 Å². The Balaban J connectivity index is 1.12. The molecule has 0 fully saturated rings. The molecule has 246 valence electrons. The van der Waals surface area contributed by atoms with E-state index in [2.05, 4.69) is 191 Å². The van der Waals surface area contributed by atoms with Gasteiger partial charge in [-0.05, 0) is 94.0 Å². The minimum atomic E-state index is 1.17. The zero-order valence-electron chi connectivity index (χ0n) is 28.6. The van der Waals surface area contributed by atoms with Crippen molar-refractivity contribution >= 4 is 80.6 Å². The third kappa shape index (κ3) is 4.14. The average Bonchev–Trinajstić information content (AvgIpc) is 3.96. The van der Waals surface area contributed by atoms with Crippen LogP contribution >= 0.6 is 11.3 Å². The predicted molar refractivity (Wildman–Crippen MR) is 227 cm³/mol. The summed E-state index contributed by atoms with van der Waals surface area (Å²) >= 11 is 1.91. The van der Waals surface area contributed by atoms with Crippen molar-refractivity contribution in [2.75, 3.05) is 0 Å². The first-order valence-corrected chi connectivity index (χ1v) is 19.0. The zero-order valence-corrected chi connectivity index (χ0v) is 29.4. The maximum atomic E-state index is 2.53. The molecule has 0 saturated carbocycles. The highest BCUT2D eigenvalue weighted by molar-refractivity contribution is 7.26. The first-order valence-electron chi connectivity index (χ1n) is 18.2. The van der Waals surface area contributed by atoms with Gasteiger partial charge in [-0.15, -0.1) is 11.3 Å². The van der Waals surface area contributed by atoms with Gasteiger partial charge in [0, 0.05) is 42.7 Å². The summed E-state index contributed by atoms with van der Waals surface area (Å²) in [6, 6.07) is 67.0. The van der Waals surface area contributed by atoms with Crippen LogP contribution in [-0.4, -0.2) is 8.97 Å². The highest BCUT2D eigenvalue weighted by Crippen LogP contribution is 2.48. The fourth-order valence-corrected chi connectivity index (χ4v) is 10.1. The lowest BCUT2D eigenvalue weighted by Crippen LogP contribution is -1.94. The number of hydrogen-bond donors (Lipinski definition) is 0. The van der Waals surface area contributed by atoms with E-state index >= 15 is 0 Å². The molecule has 0 aliphatic heterocycles. The molecule has 4 heterocycles. The molecular weight excluding hydrogens is 661 g/mol. The first kappa shape index (κ1) is 29.0. The summed E-state index contributed by atoms with van der Waals surface area (Å²) in [5.74, 6) is 0. The molecule has 3 heteroatoms. The van der Waals surface area contributed by atoms with E-state index in [0.717, 1.165) is 0 Å². The molecule has 8 aromatic carbocycles. The Bertz CT molecular complexity index is 3380. The number of para-hydroxylation sites is 1. The Hall–Kier alpha value is -6.68. The third-order valence-corrected chi connectivity index (χ3v) is 12.4. The van der Waals surface area contributed by atoms with Crippen LogP contribution in [-0.2, 0) is 0 Å². The summed E-state index contributed by atoms with van der Waals surface area (Å²) < 4.78 is 7.65. The largest absolute Gasteiger partial charge is 0.309 e. The first-order chi connectivity index (χ1) is 26.3. The molecule has 0 aliphatic carbocycles. The summed E-state index contributed by atoms with van der Waals surface area (Å²) in [7, 11) is 0. The second-order valence-electron chi connectivity index (χ2n) is 14.1. The maximum absolute atomic E-state index is 2.53. The second kappa shape index (κ2) is 10.9. The van der Waals surface area contributed by atoms with Gasteiger partial charge in [0.1, 0.15) is 0 Å². The van der Waals surface area contributed by atoms with Gasteiger partial charge >= 0.3 is 0 Å². The van der Waals surface area contributed by atoms with Gasteiger partial charge in [-0.2, -0.15) is 0 Å². The Morgan fingerprint density at radius 3 is 1.68 bits per heavy atom. The van der Waals surface area contributed by atoms with Crippen molar-refractivity contribution in [2.45, 2.75) is 0 Å². The lowest BCUT2D eigenvalue weighted by Gasteiger charge is -2.11. The van der Waals surface area contributed by atoms with E-state index in [0.29, 0.717) is 0 Å². The zero-order chi connectivity index (χ0) is 34.6. The molecule has 2 nitrogen and oxygen atoms in total. The minimum absolute atomic E-state index is 1.17. The van der Waals surface area contributed by atoms with Crippen LogP contribution in [0.25, 0.3) is 108 Å². The van der Waals surface area contributed by atoms with E-state index in [4.69, 9.17) is 0 Å². The van der Waals surface area contributed by atoms with E-state index in [1.165, 1.54) is 108 Å². The molecule has 12 rings (SSSR count). The molecular formula is C50H30N2S. The lowest BCUT2D eigenvalue weighted by atomic mass is 9.98. The molecule has 12 aromatic rings. The highest BCUT2D eigenvalue weighted by atomic mass is 32.1. The quantitative estimate of drug-likeness (QED) is 0.174. The number of benzene rings is 8. The van der Waals surface area contributed by atoms with Crippen molar-refractivity contribution in [3.8, 4) is 39.1 Å². The Morgan fingerprint density at radius 2 is 0.887 bits per heavy atom. The monoisotopic (exact) mass is 690 g/mol. The van der Waals surface area contributed by atoms with Crippen LogP contribution in [0.4, 0.5) is 0 Å². The Labute approximate surface area is 309 Å². The number of aromatic nitrogens is 2. The third-order valence-electron chi connectivity index (χ3n) is 11.2. The normalized spacial score (nSPS) is 12.2. The second-order valence-corrected chi connectivity index (χ2v) is 15.2. The lowest BCUT2D eigenvalue weighted by molar-refractivity contribution is 1.18. The molecule has 0 bridgehead atoms. The average molecular weight is 691 g/mol. The van der Waals surface area contributed by atoms with Gasteiger partial charge in [-0.25, -0.2) is 0 Å². The van der Waals surface area contributed by atoms with Crippen molar-refractivity contribution in [1.29, 1.82) is 0 Å². The van der Waals surface area contributed by atoms with Crippen molar-refractivity contribution in [2.24, 2.45) is 0 Å². The molecule has 4 aromatic heterocycles. The van der Waals surface area contributed by atoms with Crippen LogP contribution in [0.2, 0.25) is 0 Å². The fraction of sp³-hybridized carbons (Fsp3) is 0. The van der Waals surface area contributed by atoms with Crippen molar-refractivity contribution in [3.05, 3.63) is 182 Å². The van der Waals surface area contributed by atoms with Crippen LogP contribution in [0, 0.1) is 0 Å². The number of fused-ring (bicyclic) bond motifs is 11. The smallest absolute Gasteiger partial charge is 0.0728 e. The summed E-state index contributed by atoms with van der Waals surface area (Å²) in [6.45, 7) is 0. The summed E-state index contributed by atoms with van der Waals surface area (Å²) in [4.78, 5) is 0. The van der Waals surface area contributed by atoms with Crippen LogP contribution in [0.1, 0.15) is 0 Å². The number of rotatable bonds is 4. The number of hydrogen-bond acceptors (Lipinski definition) is 1. The number of thiophene rings is 1. The summed E-state index contributed by atoms with van der Waals surface area (Å²) in [6.07, 6.45) is 0. The van der Waals surface area contributed by atoms with Gasteiger partial charge in [0.25, 0.3) is 0 Å². The molecule has 0 N–H and O–H groups in total. The Morgan fingerprint density at radius 1 is 0.321 bits per heavy atom. The molecule has 0 spiro atoms. The van der Waals surface area contributed by atoms with Crippen LogP contribution < -0.4 is 0 Å². The summed E-state index contributed by atoms with van der Waals surface area (Å²) in [5.41, 5.74) is 14.9. The molecule has 0 aliphatic rings. The van der Waals surface area contributed by atoms with E-state index in [1.807, 2.05) is 11.3 Å². The van der Waals surface area contributed by atoms with Gasteiger partial charge in [0.15, 0.2) is 0 Å². The van der Waals surface area contributed by atoms with Crippen molar-refractivity contribution in [3.63, 3.8) is 0 Å². The molecule has 0 radical (unpaired) electrons. The molecule has 0 unspecified atom stereocenters. The van der Waals surface area contributed by atoms with Gasteiger partial charge in [-0.3, -0.25) is 0 Å². The van der Waals surface area contributed by atoms with Crippen LogP contribution in [0.15, 0.2) is 182 Å². The van der Waals surface area contributed by atoms with Crippen molar-refractivity contribution < 1.29 is 0 Å². The number of nitrogens with zero attached hydrogens (tertiary/aromatic N) is 2. The molecule has 0 amide bonds. The highest BCUT2D eigenvalue weighted by Gasteiger charge is 2.23. The molecule has 0 saturated heterocycles. The minimum Gasteiger partial charge on any atom is -0.309 e. The molecule has 0 atom stereocenters. The maximum Gasteiger partial charge on any atom is 0.0728 e. The van der Waals surface area contributed by atoms with Crippen molar-refractivity contribution in [1.82, 2.24) is 8.97 Å². The van der Waals surface area contributed by atoms with E-state index in [1.54, 1.807) is 0 Å². The van der Waals surface area contributed by atoms with Crippen LogP contribution in [0.5, 0.6) is 0 Å². The topological polar surface area (TPSA) is 9.34 Å². The SMILES string of the molecule is c1ccc(-c2cccc(-n3c4ccccc4c4cc(-c5cc6c7cc(-c8ccccc8)ccc7n7c6c(c5)c5sc6ccccc6c57)ccc43)c2)cc1. The van der Waals surface area contributed by atoms with E-state index in [-0.39, 0.29) is 0 Å².